The van der Waals surface area contributed by atoms with Gasteiger partial charge in [-0.05, 0) is 17.1 Å². The first-order valence-electron chi connectivity index (χ1n) is 11.7. The number of thiophene rings is 1. The first-order chi connectivity index (χ1) is 16.8. The van der Waals surface area contributed by atoms with Gasteiger partial charge in [-0.15, -0.1) is 11.3 Å². The molecule has 0 unspecified atom stereocenters. The zero-order valence-electron chi connectivity index (χ0n) is 19.0. The summed E-state index contributed by atoms with van der Waals surface area (Å²) in [6.45, 7) is 10.1. The van der Waals surface area contributed by atoms with Crippen LogP contribution < -0.4 is 9.80 Å². The Morgan fingerprint density at radius 3 is 2.29 bits per heavy atom. The molecule has 8 nitrogen and oxygen atoms in total. The standard InChI is InChI=1S/C23H28N5O3S3/c1-2-20(26-3-9-29-10-4-26)32-17(1)21(18-15-24-22(33-18)27-5-11-30-12-6-27)19-16-25-23(34-19)28-7-13-31-14-8-28/h1-2,15-16H,3-14H2/q+1. The minimum Gasteiger partial charge on any atom is -0.378 e. The van der Waals surface area contributed by atoms with Gasteiger partial charge in [0.2, 0.25) is 0 Å². The van der Waals surface area contributed by atoms with E-state index in [4.69, 9.17) is 24.2 Å². The lowest BCUT2D eigenvalue weighted by Gasteiger charge is -2.27. The maximum Gasteiger partial charge on any atom is 0.359 e. The first kappa shape index (κ1) is 22.7. The van der Waals surface area contributed by atoms with Crippen LogP contribution in [0.2, 0.25) is 0 Å². The molecule has 0 amide bonds. The average Bonchev–Trinajstić information content (AvgIpc) is 3.68. The third kappa shape index (κ3) is 4.82. The Balaban J connectivity index is 1.35. The number of aliphatic imine (C=N–C) groups is 1. The number of amidine groups is 1. The molecule has 6 heterocycles. The van der Waals surface area contributed by atoms with Crippen molar-refractivity contribution in [2.45, 2.75) is 0 Å². The highest BCUT2D eigenvalue weighted by Gasteiger charge is 2.30. The zero-order valence-corrected chi connectivity index (χ0v) is 21.4. The van der Waals surface area contributed by atoms with Crippen LogP contribution in [0, 0.1) is 0 Å². The normalized spacial score (nSPS) is 23.2. The van der Waals surface area contributed by atoms with Crippen LogP contribution in [0.1, 0.15) is 9.75 Å². The summed E-state index contributed by atoms with van der Waals surface area (Å²) in [5.41, 5.74) is 1.23. The van der Waals surface area contributed by atoms with Gasteiger partial charge in [-0.25, -0.2) is 9.56 Å². The van der Waals surface area contributed by atoms with Crippen molar-refractivity contribution in [1.29, 1.82) is 0 Å². The van der Waals surface area contributed by atoms with Crippen LogP contribution in [-0.2, 0) is 14.2 Å². The summed E-state index contributed by atoms with van der Waals surface area (Å²) in [4.78, 5) is 18.0. The summed E-state index contributed by atoms with van der Waals surface area (Å²) in [7, 11) is 0. The second-order valence-corrected chi connectivity index (χ2v) is 11.4. The lowest BCUT2D eigenvalue weighted by atomic mass is 10.2. The van der Waals surface area contributed by atoms with Crippen molar-refractivity contribution in [3.05, 3.63) is 33.0 Å². The molecule has 0 spiro atoms. The van der Waals surface area contributed by atoms with E-state index in [-0.39, 0.29) is 0 Å². The van der Waals surface area contributed by atoms with Crippen LogP contribution in [-0.4, -0.2) is 99.9 Å². The summed E-state index contributed by atoms with van der Waals surface area (Å²) in [5.74, 6) is 0. The first-order valence-corrected chi connectivity index (χ1v) is 14.2. The highest BCUT2D eigenvalue weighted by atomic mass is 32.2. The van der Waals surface area contributed by atoms with Crippen molar-refractivity contribution >= 4 is 61.5 Å². The van der Waals surface area contributed by atoms with Gasteiger partial charge in [-0.3, -0.25) is 0 Å². The van der Waals surface area contributed by atoms with E-state index < -0.39 is 0 Å². The minimum absolute atomic E-state index is 0.761. The number of allylic oxidation sites excluding steroid dienone is 1. The average molecular weight is 519 g/mol. The van der Waals surface area contributed by atoms with E-state index in [1.165, 1.54) is 25.2 Å². The molecule has 0 saturated carbocycles. The molecule has 34 heavy (non-hydrogen) atoms. The molecule has 2 aromatic rings. The van der Waals surface area contributed by atoms with Gasteiger partial charge in [0.25, 0.3) is 0 Å². The summed E-state index contributed by atoms with van der Waals surface area (Å²) in [5, 5.41) is 3.43. The number of thioether (sulfide) groups is 1. The van der Waals surface area contributed by atoms with Crippen LogP contribution in [0.25, 0.3) is 5.57 Å². The Bertz CT molecular complexity index is 1050. The van der Waals surface area contributed by atoms with Gasteiger partial charge in [0.05, 0.1) is 54.4 Å². The third-order valence-electron chi connectivity index (χ3n) is 6.20. The third-order valence-corrected chi connectivity index (χ3v) is 9.52. The fourth-order valence-electron chi connectivity index (χ4n) is 4.34. The van der Waals surface area contributed by atoms with Crippen molar-refractivity contribution < 1.29 is 18.8 Å². The summed E-state index contributed by atoms with van der Waals surface area (Å²) >= 11 is 5.39. The Morgan fingerprint density at radius 2 is 1.53 bits per heavy atom. The van der Waals surface area contributed by atoms with Crippen LogP contribution >= 0.6 is 34.4 Å². The molecule has 3 saturated heterocycles. The predicted octanol–water partition coefficient (Wildman–Crippen LogP) is 2.85. The van der Waals surface area contributed by atoms with Gasteiger partial charge in [0.15, 0.2) is 11.3 Å². The summed E-state index contributed by atoms with van der Waals surface area (Å²) < 4.78 is 18.9. The molecular weight excluding hydrogens is 490 g/mol. The van der Waals surface area contributed by atoms with E-state index in [1.54, 1.807) is 23.1 Å². The maximum absolute atomic E-state index is 5.55. The monoisotopic (exact) mass is 518 g/mol. The van der Waals surface area contributed by atoms with Gasteiger partial charge in [-0.2, -0.15) is 0 Å². The SMILES string of the molecule is C1=NC(=[N+]2CCOCC2)SC1=C(c1ccc(N2CCOCC2)s1)c1cnc(N2CCOCC2)s1. The molecule has 0 N–H and O–H groups in total. The smallest absolute Gasteiger partial charge is 0.359 e. The second kappa shape index (κ2) is 10.5. The molecule has 0 atom stereocenters. The van der Waals surface area contributed by atoms with Crippen LogP contribution in [0.15, 0.2) is 28.2 Å². The molecule has 6 rings (SSSR count). The number of thiazole rings is 1. The number of hydrogen-bond acceptors (Lipinski definition) is 9. The number of aromatic nitrogens is 1. The molecule has 0 aromatic carbocycles. The van der Waals surface area contributed by atoms with Crippen molar-refractivity contribution in [2.24, 2.45) is 4.99 Å². The molecule has 4 aliphatic rings. The molecule has 0 aliphatic carbocycles. The fraction of sp³-hybridized carbons (Fsp3) is 0.522. The second-order valence-electron chi connectivity index (χ2n) is 8.33. The van der Waals surface area contributed by atoms with Crippen LogP contribution in [0.4, 0.5) is 10.1 Å². The van der Waals surface area contributed by atoms with Gasteiger partial charge in [0, 0.05) is 54.6 Å². The van der Waals surface area contributed by atoms with E-state index in [9.17, 15) is 0 Å². The Labute approximate surface area is 211 Å². The van der Waals surface area contributed by atoms with E-state index >= 15 is 0 Å². The van der Waals surface area contributed by atoms with E-state index in [2.05, 4.69) is 26.5 Å². The van der Waals surface area contributed by atoms with Crippen LogP contribution in [0.3, 0.4) is 0 Å². The quantitative estimate of drug-likeness (QED) is 0.577. The Morgan fingerprint density at radius 1 is 0.824 bits per heavy atom. The predicted molar refractivity (Wildman–Crippen MR) is 140 cm³/mol. The number of ether oxygens (including phenoxy) is 3. The van der Waals surface area contributed by atoms with Gasteiger partial charge in [-0.1, -0.05) is 11.3 Å². The van der Waals surface area contributed by atoms with Gasteiger partial charge >= 0.3 is 5.17 Å². The molecule has 180 valence electrons. The van der Waals surface area contributed by atoms with E-state index in [1.807, 2.05) is 23.7 Å². The van der Waals surface area contributed by atoms with Crippen molar-refractivity contribution in [3.8, 4) is 0 Å². The molecule has 2 aromatic heterocycles. The molecule has 0 radical (unpaired) electrons. The van der Waals surface area contributed by atoms with E-state index in [0.29, 0.717) is 0 Å². The lowest BCUT2D eigenvalue weighted by molar-refractivity contribution is -0.547. The molecule has 0 bridgehead atoms. The number of morpholine rings is 3. The minimum atomic E-state index is 0.761. The fourth-order valence-corrected chi connectivity index (χ4v) is 7.75. The lowest BCUT2D eigenvalue weighted by Crippen LogP contribution is -2.36. The summed E-state index contributed by atoms with van der Waals surface area (Å²) in [6.07, 6.45) is 4.07. The van der Waals surface area contributed by atoms with E-state index in [0.717, 1.165) is 89.2 Å². The largest absolute Gasteiger partial charge is 0.378 e. The van der Waals surface area contributed by atoms with Crippen molar-refractivity contribution in [2.75, 3.05) is 88.7 Å². The highest BCUT2D eigenvalue weighted by molar-refractivity contribution is 8.18. The Hall–Kier alpha value is -1.76. The number of anilines is 2. The summed E-state index contributed by atoms with van der Waals surface area (Å²) in [6, 6.07) is 4.51. The zero-order chi connectivity index (χ0) is 22.7. The van der Waals surface area contributed by atoms with Gasteiger partial charge in [0.1, 0.15) is 13.1 Å². The number of rotatable bonds is 4. The highest BCUT2D eigenvalue weighted by Crippen LogP contribution is 2.43. The molecule has 11 heteroatoms. The Kier molecular flexibility index (Phi) is 6.99. The molecular formula is C23H28N5O3S3+. The molecule has 4 aliphatic heterocycles. The number of hydrogen-bond donors (Lipinski definition) is 0. The molecule has 3 fully saturated rings. The van der Waals surface area contributed by atoms with Gasteiger partial charge < -0.3 is 24.0 Å². The topological polar surface area (TPSA) is 62.4 Å². The van der Waals surface area contributed by atoms with Crippen LogP contribution in [0.5, 0.6) is 0 Å². The maximum atomic E-state index is 5.55. The van der Waals surface area contributed by atoms with Crippen molar-refractivity contribution in [3.63, 3.8) is 0 Å². The number of nitrogens with zero attached hydrogens (tertiary/aromatic N) is 5. The van der Waals surface area contributed by atoms with Crippen molar-refractivity contribution in [1.82, 2.24) is 4.98 Å².